The van der Waals surface area contributed by atoms with Gasteiger partial charge in [-0.15, -0.1) is 0 Å². The predicted octanol–water partition coefficient (Wildman–Crippen LogP) is 10.2. The maximum atomic E-state index is 14.5. The van der Waals surface area contributed by atoms with Gasteiger partial charge in [0.25, 0.3) is 10.1 Å². The number of hydrogen-bond acceptors (Lipinski definition) is 13. The van der Waals surface area contributed by atoms with Gasteiger partial charge in [0, 0.05) is 7.11 Å². The molecule has 10 atom stereocenters. The zero-order valence-electron chi connectivity index (χ0n) is 42.6. The average molecular weight is 1050 g/mol. The van der Waals surface area contributed by atoms with E-state index >= 15 is 0 Å². The normalized spacial score (nSPS) is 23.8. The van der Waals surface area contributed by atoms with Gasteiger partial charge in [0.15, 0.2) is 12.6 Å². The van der Waals surface area contributed by atoms with Crippen LogP contribution in [0.5, 0.6) is 0 Å². The van der Waals surface area contributed by atoms with E-state index in [9.17, 15) is 8.42 Å². The van der Waals surface area contributed by atoms with Gasteiger partial charge < -0.3 is 47.4 Å². The van der Waals surface area contributed by atoms with Gasteiger partial charge in [-0.1, -0.05) is 212 Å². The molecule has 7 aromatic carbocycles. The van der Waals surface area contributed by atoms with E-state index in [-0.39, 0.29) is 52.9 Å². The Kier molecular flexibility index (Phi) is 20.5. The Morgan fingerprint density at radius 1 is 0.342 bits per heavy atom. The third-order valence-electron chi connectivity index (χ3n) is 13.1. The number of benzene rings is 7. The van der Waals surface area contributed by atoms with Crippen molar-refractivity contribution in [2.75, 3.05) is 20.3 Å². The molecule has 76 heavy (non-hydrogen) atoms. The zero-order valence-corrected chi connectivity index (χ0v) is 43.4. The molecule has 0 amide bonds. The molecule has 1 unspecified atom stereocenters. The van der Waals surface area contributed by atoms with Crippen LogP contribution in [0.25, 0.3) is 0 Å². The topological polar surface area (TPSA) is 136 Å². The van der Waals surface area contributed by atoms with E-state index < -0.39 is 77.3 Å². The summed E-state index contributed by atoms with van der Waals surface area (Å²) in [6, 6.07) is 67.4. The fraction of sp³-hybridized carbons (Fsp3) is 0.323. The molecular formula is C62H66O13S. The number of ether oxygens (including phenoxy) is 10. The van der Waals surface area contributed by atoms with Crippen LogP contribution < -0.4 is 0 Å². The van der Waals surface area contributed by atoms with Crippen LogP contribution in [0, 0.1) is 0 Å². The van der Waals surface area contributed by atoms with Gasteiger partial charge in [-0.05, 0) is 38.9 Å². The fourth-order valence-corrected chi connectivity index (χ4v) is 10.5. The molecule has 2 aliphatic rings. The van der Waals surface area contributed by atoms with Gasteiger partial charge in [-0.3, -0.25) is 4.18 Å². The lowest BCUT2D eigenvalue weighted by atomic mass is 9.97. The van der Waals surface area contributed by atoms with E-state index in [0.717, 1.165) is 33.4 Å². The van der Waals surface area contributed by atoms with Crippen LogP contribution in [0.4, 0.5) is 0 Å². The Labute approximate surface area is 446 Å². The number of hydrogen-bond donors (Lipinski definition) is 0. The quantitative estimate of drug-likeness (QED) is 0.0453. The van der Waals surface area contributed by atoms with Gasteiger partial charge >= 0.3 is 0 Å². The Balaban J connectivity index is 1.07. The Bertz CT molecular complexity index is 2820. The van der Waals surface area contributed by atoms with Crippen molar-refractivity contribution in [2.24, 2.45) is 0 Å². The van der Waals surface area contributed by atoms with Crippen LogP contribution in [0.15, 0.2) is 212 Å². The minimum Gasteiger partial charge on any atom is -0.374 e. The molecule has 0 aromatic heterocycles. The molecule has 2 heterocycles. The van der Waals surface area contributed by atoms with E-state index in [1.165, 1.54) is 0 Å². The first-order valence-electron chi connectivity index (χ1n) is 25.7. The lowest BCUT2D eigenvalue weighted by Gasteiger charge is -2.47. The maximum absolute atomic E-state index is 14.5. The number of methoxy groups -OCH3 is 1. The van der Waals surface area contributed by atoms with Gasteiger partial charge in [-0.25, -0.2) is 0 Å². The smallest absolute Gasteiger partial charge is 0.271 e. The molecule has 2 fully saturated rings. The highest BCUT2D eigenvalue weighted by molar-refractivity contribution is 7.85. The first kappa shape index (κ1) is 54.8. The van der Waals surface area contributed by atoms with Crippen molar-refractivity contribution >= 4 is 10.1 Å². The molecule has 0 aliphatic carbocycles. The van der Waals surface area contributed by atoms with Crippen LogP contribution in [-0.2, 0) is 107 Å². The van der Waals surface area contributed by atoms with Gasteiger partial charge in [0.2, 0.25) is 0 Å². The Morgan fingerprint density at radius 3 is 1.07 bits per heavy atom. The summed E-state index contributed by atoms with van der Waals surface area (Å²) in [4.78, 5) is 0. The van der Waals surface area contributed by atoms with Gasteiger partial charge in [-0.2, -0.15) is 8.42 Å². The summed E-state index contributed by atoms with van der Waals surface area (Å²) in [5.74, 6) is -0.407. The molecule has 0 bridgehead atoms. The molecule has 9 rings (SSSR count). The summed E-state index contributed by atoms with van der Waals surface area (Å²) in [6.07, 6.45) is -9.93. The zero-order chi connectivity index (χ0) is 52.2. The standard InChI is InChI=1S/C62H66O13S/c1-65-61-59(70-41-50-31-17-6-18-32-50)57(69-40-49-29-15-5-16-30-49)55(67-38-47-25-11-3-12-26-47)54(73-61)44-72-62-60(71-42-51-33-19-7-20-34-51)58(75-76(63,64)45-52-35-21-8-22-36-52)56(68-39-48-27-13-4-14-28-48)53(74-62)43-66-37-46-23-9-2-10-24-46/h2-36,53-62H,37-45H2,1H3/t53-,54-,55-,56-,57+,58+,59-,60+,61+,62?/m1/s1. The van der Waals surface area contributed by atoms with Crippen molar-refractivity contribution < 1.29 is 60.0 Å². The first-order chi connectivity index (χ1) is 37.4. The van der Waals surface area contributed by atoms with Crippen molar-refractivity contribution in [2.45, 2.75) is 107 Å². The van der Waals surface area contributed by atoms with E-state index in [1.807, 2.05) is 188 Å². The van der Waals surface area contributed by atoms with Crippen LogP contribution in [0.2, 0.25) is 0 Å². The Hall–Kier alpha value is -5.95. The Morgan fingerprint density at radius 2 is 0.658 bits per heavy atom. The van der Waals surface area contributed by atoms with Crippen LogP contribution >= 0.6 is 0 Å². The summed E-state index contributed by atoms with van der Waals surface area (Å²) in [5.41, 5.74) is 6.01. The van der Waals surface area contributed by atoms with E-state index in [0.29, 0.717) is 5.56 Å². The van der Waals surface area contributed by atoms with Crippen LogP contribution in [0.1, 0.15) is 38.9 Å². The highest BCUT2D eigenvalue weighted by Gasteiger charge is 2.53. The minimum atomic E-state index is -4.34. The van der Waals surface area contributed by atoms with Crippen molar-refractivity contribution in [3.8, 4) is 0 Å². The van der Waals surface area contributed by atoms with Crippen LogP contribution in [-0.4, -0.2) is 90.2 Å². The average Bonchev–Trinajstić information content (AvgIpc) is 3.46. The highest BCUT2D eigenvalue weighted by Crippen LogP contribution is 2.35. The van der Waals surface area contributed by atoms with Crippen LogP contribution in [0.3, 0.4) is 0 Å². The largest absolute Gasteiger partial charge is 0.374 e. The van der Waals surface area contributed by atoms with E-state index in [1.54, 1.807) is 31.4 Å². The lowest BCUT2D eigenvalue weighted by molar-refractivity contribution is -0.346. The third-order valence-corrected chi connectivity index (χ3v) is 14.3. The van der Waals surface area contributed by atoms with Crippen molar-refractivity contribution in [3.63, 3.8) is 0 Å². The SMILES string of the molecule is CO[C@H]1O[C@H](COC2O[C@H](COCc3ccccc3)[C@@H](OCc3ccccc3)[C@H](OS(=O)(=O)Cc3ccccc3)[C@@H]2OCc2ccccc2)[C@@H](OCc2ccccc2)[C@H](OCc2ccccc2)[C@H]1OCc1ccccc1. The molecule has 0 radical (unpaired) electrons. The first-order valence-corrected chi connectivity index (χ1v) is 27.2. The third kappa shape index (κ3) is 16.1. The van der Waals surface area contributed by atoms with Gasteiger partial charge in [0.1, 0.15) is 54.6 Å². The molecule has 398 valence electrons. The van der Waals surface area contributed by atoms with E-state index in [4.69, 9.17) is 51.6 Å². The summed E-state index contributed by atoms with van der Waals surface area (Å²) < 4.78 is 103. The molecule has 2 aliphatic heterocycles. The molecule has 13 nitrogen and oxygen atoms in total. The second-order valence-electron chi connectivity index (χ2n) is 18.7. The summed E-state index contributed by atoms with van der Waals surface area (Å²) >= 11 is 0. The molecule has 2 saturated heterocycles. The summed E-state index contributed by atoms with van der Waals surface area (Å²) in [7, 11) is -2.78. The molecule has 0 spiro atoms. The molecule has 0 N–H and O–H groups in total. The highest BCUT2D eigenvalue weighted by atomic mass is 32.2. The molecule has 7 aromatic rings. The number of rotatable bonds is 27. The fourth-order valence-electron chi connectivity index (χ4n) is 9.28. The van der Waals surface area contributed by atoms with Crippen molar-refractivity contribution in [1.29, 1.82) is 0 Å². The van der Waals surface area contributed by atoms with Crippen molar-refractivity contribution in [3.05, 3.63) is 251 Å². The molecular weight excluding hydrogens is 985 g/mol. The maximum Gasteiger partial charge on any atom is 0.271 e. The summed E-state index contributed by atoms with van der Waals surface area (Å²) in [5, 5.41) is 0. The van der Waals surface area contributed by atoms with E-state index in [2.05, 4.69) is 0 Å². The molecule has 0 saturated carbocycles. The van der Waals surface area contributed by atoms with Crippen molar-refractivity contribution in [1.82, 2.24) is 0 Å². The monoisotopic (exact) mass is 1050 g/mol. The minimum absolute atomic E-state index is 0.0253. The second kappa shape index (κ2) is 28.4. The van der Waals surface area contributed by atoms with Gasteiger partial charge in [0.05, 0.1) is 52.9 Å². The second-order valence-corrected chi connectivity index (χ2v) is 20.3. The molecule has 14 heteroatoms. The summed E-state index contributed by atoms with van der Waals surface area (Å²) in [6.45, 7) is 0.904. The predicted molar refractivity (Wildman–Crippen MR) is 285 cm³/mol. The lowest BCUT2D eigenvalue weighted by Crippen LogP contribution is -2.64.